The number of carbonyl (C=O) groups is 1. The molecule has 1 aliphatic carbocycles. The molecule has 19 heavy (non-hydrogen) atoms. The number of aliphatic carboxylic acids is 1. The van der Waals surface area contributed by atoms with Gasteiger partial charge in [-0.1, -0.05) is 20.3 Å². The average Bonchev–Trinajstić information content (AvgIpc) is 2.75. The fourth-order valence-electron chi connectivity index (χ4n) is 3.23. The maximum absolute atomic E-state index is 11.6. The van der Waals surface area contributed by atoms with Crippen LogP contribution in [0.4, 0.5) is 0 Å². The van der Waals surface area contributed by atoms with Crippen LogP contribution in [-0.4, -0.2) is 46.7 Å². The Hall–Kier alpha value is -0.610. The van der Waals surface area contributed by atoms with Crippen molar-refractivity contribution in [2.75, 3.05) is 13.1 Å². The lowest BCUT2D eigenvalue weighted by atomic mass is 9.96. The molecule has 2 N–H and O–H groups in total. The van der Waals surface area contributed by atoms with Gasteiger partial charge in [-0.2, -0.15) is 0 Å². The fraction of sp³-hybridized carbons (Fsp3) is 0.933. The zero-order chi connectivity index (χ0) is 14.5. The minimum atomic E-state index is -0.710. The van der Waals surface area contributed by atoms with Crippen LogP contribution in [0.5, 0.6) is 0 Å². The molecule has 1 rings (SSSR count). The summed E-state index contributed by atoms with van der Waals surface area (Å²) in [6, 6.07) is 0.625. The standard InChI is InChI=1S/C15H30N2O2/c1-5-7-10-17(6-2)13-8-9-15(11-13,14(18)19)16-12(3)4/h12-13,16H,5-11H2,1-4H3,(H,18,19). The van der Waals surface area contributed by atoms with Gasteiger partial charge in [0.25, 0.3) is 0 Å². The van der Waals surface area contributed by atoms with Crippen molar-refractivity contribution >= 4 is 5.97 Å². The fourth-order valence-corrected chi connectivity index (χ4v) is 3.23. The molecule has 0 bridgehead atoms. The quantitative estimate of drug-likeness (QED) is 0.711. The second kappa shape index (κ2) is 7.25. The lowest BCUT2D eigenvalue weighted by Gasteiger charge is -2.31. The molecule has 0 aromatic rings. The SMILES string of the molecule is CCCCN(CC)C1CCC(NC(C)C)(C(=O)O)C1. The summed E-state index contributed by atoms with van der Waals surface area (Å²) >= 11 is 0. The van der Waals surface area contributed by atoms with Crippen LogP contribution in [0.2, 0.25) is 0 Å². The van der Waals surface area contributed by atoms with E-state index in [4.69, 9.17) is 0 Å². The number of hydrogen-bond acceptors (Lipinski definition) is 3. The molecule has 4 nitrogen and oxygen atoms in total. The van der Waals surface area contributed by atoms with E-state index in [1.807, 2.05) is 13.8 Å². The van der Waals surface area contributed by atoms with Gasteiger partial charge in [0.05, 0.1) is 0 Å². The van der Waals surface area contributed by atoms with Gasteiger partial charge in [-0.25, -0.2) is 0 Å². The van der Waals surface area contributed by atoms with E-state index in [9.17, 15) is 9.90 Å². The van der Waals surface area contributed by atoms with E-state index in [-0.39, 0.29) is 6.04 Å². The van der Waals surface area contributed by atoms with Gasteiger partial charge in [-0.15, -0.1) is 0 Å². The number of nitrogens with one attached hydrogen (secondary N) is 1. The van der Waals surface area contributed by atoms with Gasteiger partial charge in [0, 0.05) is 12.1 Å². The normalized spacial score (nSPS) is 27.4. The Labute approximate surface area is 117 Å². The van der Waals surface area contributed by atoms with Crippen molar-refractivity contribution in [2.45, 2.75) is 77.4 Å². The number of nitrogens with zero attached hydrogens (tertiary/aromatic N) is 1. The van der Waals surface area contributed by atoms with E-state index in [1.165, 1.54) is 12.8 Å². The van der Waals surface area contributed by atoms with Crippen LogP contribution in [0, 0.1) is 0 Å². The van der Waals surface area contributed by atoms with Crippen LogP contribution in [0.1, 0.15) is 59.8 Å². The molecule has 0 aliphatic heterocycles. The van der Waals surface area contributed by atoms with Gasteiger partial charge >= 0.3 is 5.97 Å². The van der Waals surface area contributed by atoms with E-state index >= 15 is 0 Å². The molecule has 1 saturated carbocycles. The summed E-state index contributed by atoms with van der Waals surface area (Å²) in [6.07, 6.45) is 4.86. The summed E-state index contributed by atoms with van der Waals surface area (Å²) < 4.78 is 0. The van der Waals surface area contributed by atoms with E-state index in [2.05, 4.69) is 24.1 Å². The molecule has 2 atom stereocenters. The predicted molar refractivity (Wildman–Crippen MR) is 78.4 cm³/mol. The first-order chi connectivity index (χ1) is 8.95. The minimum absolute atomic E-state index is 0.209. The summed E-state index contributed by atoms with van der Waals surface area (Å²) in [6.45, 7) is 10.5. The van der Waals surface area contributed by atoms with E-state index in [0.717, 1.165) is 32.4 Å². The molecule has 112 valence electrons. The van der Waals surface area contributed by atoms with Crippen LogP contribution in [0.25, 0.3) is 0 Å². The summed E-state index contributed by atoms with van der Waals surface area (Å²) in [5, 5.41) is 12.9. The van der Waals surface area contributed by atoms with Crippen LogP contribution < -0.4 is 5.32 Å². The zero-order valence-corrected chi connectivity index (χ0v) is 12.9. The third-order valence-electron chi connectivity index (χ3n) is 4.18. The van der Waals surface area contributed by atoms with Crippen molar-refractivity contribution in [2.24, 2.45) is 0 Å². The Morgan fingerprint density at radius 2 is 2.16 bits per heavy atom. The molecular weight excluding hydrogens is 240 g/mol. The summed E-state index contributed by atoms with van der Waals surface area (Å²) in [5.41, 5.74) is -0.710. The molecule has 0 amide bonds. The van der Waals surface area contributed by atoms with Gasteiger partial charge in [-0.3, -0.25) is 10.1 Å². The van der Waals surface area contributed by atoms with E-state index < -0.39 is 11.5 Å². The first-order valence-corrected chi connectivity index (χ1v) is 7.70. The second-order valence-corrected chi connectivity index (χ2v) is 6.07. The average molecular weight is 270 g/mol. The number of carboxylic acids is 1. The molecule has 1 aliphatic rings. The van der Waals surface area contributed by atoms with E-state index in [1.54, 1.807) is 0 Å². The first kappa shape index (κ1) is 16.4. The molecule has 0 radical (unpaired) electrons. The Bertz CT molecular complexity index is 294. The van der Waals surface area contributed by atoms with Crippen LogP contribution in [0.15, 0.2) is 0 Å². The smallest absolute Gasteiger partial charge is 0.323 e. The molecule has 0 heterocycles. The monoisotopic (exact) mass is 270 g/mol. The van der Waals surface area contributed by atoms with Crippen molar-refractivity contribution in [3.63, 3.8) is 0 Å². The van der Waals surface area contributed by atoms with Crippen molar-refractivity contribution < 1.29 is 9.90 Å². The summed E-state index contributed by atoms with van der Waals surface area (Å²) in [5.74, 6) is -0.685. The van der Waals surface area contributed by atoms with E-state index in [0.29, 0.717) is 6.04 Å². The topological polar surface area (TPSA) is 52.6 Å². The Morgan fingerprint density at radius 1 is 1.47 bits per heavy atom. The molecular formula is C15H30N2O2. The van der Waals surface area contributed by atoms with Crippen LogP contribution in [0.3, 0.4) is 0 Å². The molecule has 1 fully saturated rings. The van der Waals surface area contributed by atoms with Crippen LogP contribution in [-0.2, 0) is 4.79 Å². The van der Waals surface area contributed by atoms with Gasteiger partial charge in [0.15, 0.2) is 0 Å². The minimum Gasteiger partial charge on any atom is -0.480 e. The number of carboxylic acid groups (broad SMARTS) is 1. The molecule has 4 heteroatoms. The number of rotatable bonds is 8. The first-order valence-electron chi connectivity index (χ1n) is 7.70. The Kier molecular flexibility index (Phi) is 6.27. The highest BCUT2D eigenvalue weighted by Crippen LogP contribution is 2.34. The highest BCUT2D eigenvalue weighted by Gasteiger charge is 2.46. The third kappa shape index (κ3) is 4.18. The Morgan fingerprint density at radius 3 is 2.63 bits per heavy atom. The van der Waals surface area contributed by atoms with Crippen molar-refractivity contribution in [1.29, 1.82) is 0 Å². The van der Waals surface area contributed by atoms with Crippen molar-refractivity contribution in [1.82, 2.24) is 10.2 Å². The maximum atomic E-state index is 11.6. The molecule has 0 aromatic carbocycles. The van der Waals surface area contributed by atoms with Gasteiger partial charge < -0.3 is 10.0 Å². The van der Waals surface area contributed by atoms with Gasteiger partial charge in [0.1, 0.15) is 5.54 Å². The lowest BCUT2D eigenvalue weighted by Crippen LogP contribution is -2.54. The third-order valence-corrected chi connectivity index (χ3v) is 4.18. The second-order valence-electron chi connectivity index (χ2n) is 6.07. The van der Waals surface area contributed by atoms with Gasteiger partial charge in [-0.05, 0) is 52.6 Å². The number of unbranched alkanes of at least 4 members (excludes halogenated alkanes) is 1. The molecule has 0 saturated heterocycles. The largest absolute Gasteiger partial charge is 0.480 e. The van der Waals surface area contributed by atoms with Gasteiger partial charge in [0.2, 0.25) is 0 Å². The van der Waals surface area contributed by atoms with Crippen molar-refractivity contribution in [3.05, 3.63) is 0 Å². The highest BCUT2D eigenvalue weighted by atomic mass is 16.4. The maximum Gasteiger partial charge on any atom is 0.323 e. The lowest BCUT2D eigenvalue weighted by molar-refractivity contribution is -0.145. The molecule has 2 unspecified atom stereocenters. The highest BCUT2D eigenvalue weighted by molar-refractivity contribution is 5.79. The Balaban J connectivity index is 2.69. The molecule has 0 spiro atoms. The number of hydrogen-bond donors (Lipinski definition) is 2. The molecule has 0 aromatic heterocycles. The van der Waals surface area contributed by atoms with Crippen LogP contribution >= 0.6 is 0 Å². The summed E-state index contributed by atoms with van der Waals surface area (Å²) in [4.78, 5) is 14.1. The predicted octanol–water partition coefficient (Wildman–Crippen LogP) is 2.48. The van der Waals surface area contributed by atoms with Crippen molar-refractivity contribution in [3.8, 4) is 0 Å². The zero-order valence-electron chi connectivity index (χ0n) is 12.9. The summed E-state index contributed by atoms with van der Waals surface area (Å²) in [7, 11) is 0.